The van der Waals surface area contributed by atoms with Gasteiger partial charge in [0.1, 0.15) is 13.2 Å². The number of unbranched alkanes of at least 4 members (excludes halogenated alkanes) is 25. The molecule has 1 unspecified atom stereocenters. The molecule has 0 spiro atoms. The van der Waals surface area contributed by atoms with E-state index in [-0.39, 0.29) is 37.5 Å². The molecule has 0 rings (SSSR count). The van der Waals surface area contributed by atoms with Crippen LogP contribution in [0.3, 0.4) is 0 Å². The Morgan fingerprint density at radius 1 is 0.318 bits per heavy atom. The third-order valence-electron chi connectivity index (χ3n) is 11.4. The second kappa shape index (κ2) is 53.9. The molecular weight excluding hydrogens is 817 g/mol. The van der Waals surface area contributed by atoms with E-state index in [0.29, 0.717) is 19.3 Å². The second-order valence-corrected chi connectivity index (χ2v) is 17.9. The molecule has 66 heavy (non-hydrogen) atoms. The highest BCUT2D eigenvalue weighted by Gasteiger charge is 2.19. The number of rotatable bonds is 48. The second-order valence-electron chi connectivity index (χ2n) is 17.9. The number of hydrogen-bond donors (Lipinski definition) is 0. The van der Waals surface area contributed by atoms with E-state index in [1.807, 2.05) is 24.3 Å². The van der Waals surface area contributed by atoms with Crippen molar-refractivity contribution in [3.8, 4) is 0 Å². The van der Waals surface area contributed by atoms with Gasteiger partial charge in [0.25, 0.3) is 0 Å². The summed E-state index contributed by atoms with van der Waals surface area (Å²) in [4.78, 5) is 38.0. The first-order valence-corrected chi connectivity index (χ1v) is 27.3. The van der Waals surface area contributed by atoms with Crippen LogP contribution in [-0.2, 0) is 28.6 Å². The highest BCUT2D eigenvalue weighted by atomic mass is 16.6. The third-order valence-corrected chi connectivity index (χ3v) is 11.4. The summed E-state index contributed by atoms with van der Waals surface area (Å²) in [5.74, 6) is -0.983. The molecule has 0 aromatic heterocycles. The van der Waals surface area contributed by atoms with Crippen molar-refractivity contribution in [2.75, 3.05) is 13.2 Å². The smallest absolute Gasteiger partial charge is 0.306 e. The van der Waals surface area contributed by atoms with Gasteiger partial charge in [-0.1, -0.05) is 253 Å². The fourth-order valence-electron chi connectivity index (χ4n) is 7.31. The molecule has 0 N–H and O–H groups in total. The van der Waals surface area contributed by atoms with E-state index < -0.39 is 6.10 Å². The quantitative estimate of drug-likeness (QED) is 0.0199. The summed E-state index contributed by atoms with van der Waals surface area (Å²) in [5, 5.41) is 0. The molecule has 0 aromatic carbocycles. The molecule has 1 atom stereocenters. The standard InChI is InChI=1S/C60H100O6/c1-4-7-10-13-16-19-22-25-27-29-31-32-35-38-41-44-47-50-53-59(62)65-56-57(55-64-58(61)52-49-46-43-40-37-34-24-21-18-15-12-9-6-3)66-60(63)54-51-48-45-42-39-36-33-30-28-26-23-20-17-14-11-8-5-2/h10,13,16,19,22,25-29,31-33,36,42,45,57H,4-9,11-12,14-15,17-18,20-21,23-24,30,34-35,37-41,43-44,46-56H2,1-3H3/b13-10-,19-16-,25-22-,28-26-,29-27-,32-31-,36-33-,45-42-. The predicted octanol–water partition coefficient (Wildman–Crippen LogP) is 18.1. The predicted molar refractivity (Wildman–Crippen MR) is 284 cm³/mol. The molecular formula is C60H100O6. The molecule has 6 nitrogen and oxygen atoms in total. The van der Waals surface area contributed by atoms with Crippen LogP contribution in [0.25, 0.3) is 0 Å². The van der Waals surface area contributed by atoms with Crippen LogP contribution < -0.4 is 0 Å². The molecule has 0 heterocycles. The van der Waals surface area contributed by atoms with Crippen molar-refractivity contribution in [3.63, 3.8) is 0 Å². The van der Waals surface area contributed by atoms with Crippen molar-refractivity contribution in [3.05, 3.63) is 97.2 Å². The topological polar surface area (TPSA) is 78.9 Å². The van der Waals surface area contributed by atoms with Crippen molar-refractivity contribution in [1.82, 2.24) is 0 Å². The molecule has 6 heteroatoms. The summed E-state index contributed by atoms with van der Waals surface area (Å²) in [6, 6.07) is 0. The first-order valence-electron chi connectivity index (χ1n) is 27.3. The van der Waals surface area contributed by atoms with Gasteiger partial charge in [0.05, 0.1) is 0 Å². The molecule has 0 aromatic rings. The largest absolute Gasteiger partial charge is 0.462 e. The van der Waals surface area contributed by atoms with Gasteiger partial charge >= 0.3 is 17.9 Å². The van der Waals surface area contributed by atoms with Crippen LogP contribution in [0.1, 0.15) is 245 Å². The Morgan fingerprint density at radius 2 is 0.652 bits per heavy atom. The van der Waals surface area contributed by atoms with E-state index in [1.165, 1.54) is 116 Å². The van der Waals surface area contributed by atoms with Crippen LogP contribution in [0, 0.1) is 0 Å². The van der Waals surface area contributed by atoms with E-state index in [2.05, 4.69) is 93.7 Å². The lowest BCUT2D eigenvalue weighted by Crippen LogP contribution is -2.30. The molecule has 0 bridgehead atoms. The summed E-state index contributed by atoms with van der Waals surface area (Å²) in [6.07, 6.45) is 71.0. The minimum Gasteiger partial charge on any atom is -0.462 e. The van der Waals surface area contributed by atoms with Crippen LogP contribution in [0.4, 0.5) is 0 Å². The van der Waals surface area contributed by atoms with Crippen molar-refractivity contribution < 1.29 is 28.6 Å². The lowest BCUT2D eigenvalue weighted by Gasteiger charge is -2.18. The van der Waals surface area contributed by atoms with Gasteiger partial charge in [-0.25, -0.2) is 0 Å². The monoisotopic (exact) mass is 917 g/mol. The van der Waals surface area contributed by atoms with Crippen LogP contribution in [0.2, 0.25) is 0 Å². The lowest BCUT2D eigenvalue weighted by atomic mass is 10.0. The zero-order valence-electron chi connectivity index (χ0n) is 42.9. The Balaban J connectivity index is 4.52. The van der Waals surface area contributed by atoms with Gasteiger partial charge in [0.15, 0.2) is 6.10 Å². The van der Waals surface area contributed by atoms with Gasteiger partial charge in [0.2, 0.25) is 0 Å². The fraction of sp³-hybridized carbons (Fsp3) is 0.683. The highest BCUT2D eigenvalue weighted by Crippen LogP contribution is 2.14. The highest BCUT2D eigenvalue weighted by molar-refractivity contribution is 5.71. The van der Waals surface area contributed by atoms with Gasteiger partial charge in [-0.2, -0.15) is 0 Å². The van der Waals surface area contributed by atoms with Gasteiger partial charge in [-0.05, 0) is 70.6 Å². The molecule has 0 radical (unpaired) electrons. The van der Waals surface area contributed by atoms with Crippen LogP contribution >= 0.6 is 0 Å². The molecule has 0 amide bonds. The number of allylic oxidation sites excluding steroid dienone is 16. The van der Waals surface area contributed by atoms with Crippen molar-refractivity contribution in [2.24, 2.45) is 0 Å². The molecule has 0 aliphatic heterocycles. The molecule has 0 aliphatic rings. The lowest BCUT2D eigenvalue weighted by molar-refractivity contribution is -0.167. The maximum atomic E-state index is 12.8. The van der Waals surface area contributed by atoms with Crippen LogP contribution in [0.5, 0.6) is 0 Å². The Labute approximate surface area is 407 Å². The summed E-state index contributed by atoms with van der Waals surface area (Å²) < 4.78 is 16.8. The number of carbonyl (C=O) groups is 3. The summed E-state index contributed by atoms with van der Waals surface area (Å²) in [5.41, 5.74) is 0. The average Bonchev–Trinajstić information content (AvgIpc) is 3.31. The number of esters is 3. The Kier molecular flexibility index (Phi) is 50.9. The Bertz CT molecular complexity index is 1330. The van der Waals surface area contributed by atoms with Gasteiger partial charge in [-0.15, -0.1) is 0 Å². The SMILES string of the molecule is CCC\C=C/C=C\C=C/C=C\C=C/CCCCCCCC(=O)OCC(COC(=O)CCCCCCCCCCCCCCC)OC(=O)CCC/C=C\C/C=C\C/C=C\CCCCCCCC. The van der Waals surface area contributed by atoms with Crippen LogP contribution in [-0.4, -0.2) is 37.2 Å². The van der Waals surface area contributed by atoms with E-state index in [1.54, 1.807) is 0 Å². The van der Waals surface area contributed by atoms with E-state index in [9.17, 15) is 14.4 Å². The maximum absolute atomic E-state index is 12.8. The van der Waals surface area contributed by atoms with Crippen LogP contribution in [0.15, 0.2) is 97.2 Å². The molecule has 0 saturated carbocycles. The summed E-state index contributed by atoms with van der Waals surface area (Å²) in [6.45, 7) is 6.48. The number of hydrogen-bond acceptors (Lipinski definition) is 6. The average molecular weight is 917 g/mol. The zero-order valence-corrected chi connectivity index (χ0v) is 42.9. The first-order chi connectivity index (χ1) is 32.5. The fourth-order valence-corrected chi connectivity index (χ4v) is 7.31. The summed E-state index contributed by atoms with van der Waals surface area (Å²) in [7, 11) is 0. The number of carbonyl (C=O) groups excluding carboxylic acids is 3. The third kappa shape index (κ3) is 51.3. The normalized spacial score (nSPS) is 12.8. The Hall–Kier alpha value is -3.67. The van der Waals surface area contributed by atoms with Crippen molar-refractivity contribution >= 4 is 17.9 Å². The number of ether oxygens (including phenoxy) is 3. The first kappa shape index (κ1) is 62.3. The minimum atomic E-state index is -0.814. The zero-order chi connectivity index (χ0) is 47.9. The van der Waals surface area contributed by atoms with Gasteiger partial charge in [0, 0.05) is 19.3 Å². The van der Waals surface area contributed by atoms with Gasteiger partial charge < -0.3 is 14.2 Å². The molecule has 0 saturated heterocycles. The maximum Gasteiger partial charge on any atom is 0.306 e. The summed E-state index contributed by atoms with van der Waals surface area (Å²) >= 11 is 0. The minimum absolute atomic E-state index is 0.105. The molecule has 0 fully saturated rings. The van der Waals surface area contributed by atoms with E-state index >= 15 is 0 Å². The van der Waals surface area contributed by atoms with E-state index in [4.69, 9.17) is 14.2 Å². The molecule has 376 valence electrons. The molecule has 0 aliphatic carbocycles. The van der Waals surface area contributed by atoms with Crippen molar-refractivity contribution in [2.45, 2.75) is 252 Å². The van der Waals surface area contributed by atoms with Crippen molar-refractivity contribution in [1.29, 1.82) is 0 Å². The van der Waals surface area contributed by atoms with E-state index in [0.717, 1.165) is 83.5 Å². The Morgan fingerprint density at radius 3 is 1.09 bits per heavy atom. The van der Waals surface area contributed by atoms with Gasteiger partial charge in [-0.3, -0.25) is 14.4 Å².